The Balaban J connectivity index is 1.70. The number of nitrogens with one attached hydrogen (secondary N) is 2. The second kappa shape index (κ2) is 5.77. The number of carbonyl (C=O) groups excluding carboxylic acids is 3. The van der Waals surface area contributed by atoms with Crippen molar-refractivity contribution in [3.63, 3.8) is 0 Å². The summed E-state index contributed by atoms with van der Waals surface area (Å²) in [6.45, 7) is 1.29. The van der Waals surface area contributed by atoms with Gasteiger partial charge in [0.05, 0.1) is 30.4 Å². The van der Waals surface area contributed by atoms with Crippen molar-refractivity contribution in [2.75, 3.05) is 32.1 Å². The molecule has 7 nitrogen and oxygen atoms in total. The van der Waals surface area contributed by atoms with E-state index in [0.717, 1.165) is 29.8 Å². The Morgan fingerprint density at radius 2 is 2.15 bits per heavy atom. The Hall–Kier alpha value is -1.96. The maximum absolute atomic E-state index is 13.4. The number of hydrogen-bond donors (Lipinski definition) is 2. The van der Waals surface area contributed by atoms with Crippen molar-refractivity contribution in [1.82, 2.24) is 4.90 Å². The summed E-state index contributed by atoms with van der Waals surface area (Å²) < 4.78 is 5.07. The van der Waals surface area contributed by atoms with Crippen LogP contribution in [0.15, 0.2) is 18.2 Å². The molecule has 27 heavy (non-hydrogen) atoms. The van der Waals surface area contributed by atoms with Gasteiger partial charge in [-0.1, -0.05) is 17.7 Å². The smallest absolute Gasteiger partial charge is 0.291 e. The van der Waals surface area contributed by atoms with Crippen LogP contribution in [-0.4, -0.2) is 55.5 Å². The van der Waals surface area contributed by atoms with Gasteiger partial charge in [0.25, 0.3) is 5.91 Å². The van der Waals surface area contributed by atoms with Crippen LogP contribution >= 0.6 is 11.6 Å². The van der Waals surface area contributed by atoms with Gasteiger partial charge in [-0.2, -0.15) is 0 Å². The number of anilines is 1. The molecule has 142 valence electrons. The lowest BCUT2D eigenvalue weighted by molar-refractivity contribution is -0.948. The highest BCUT2D eigenvalue weighted by molar-refractivity contribution is 6.35. The van der Waals surface area contributed by atoms with Gasteiger partial charge >= 0.3 is 0 Å². The van der Waals surface area contributed by atoms with Crippen molar-refractivity contribution in [3.8, 4) is 0 Å². The molecule has 1 aromatic rings. The van der Waals surface area contributed by atoms with E-state index in [1.54, 1.807) is 13.2 Å². The number of para-hydroxylation sites is 1. The standard InChI is InChI=1S/C19H20ClN3O4/c1-27-9-8-22-16(24)13-12-6-3-7-23(12)19(14(13)17(22)25)10-4-2-5-11(20)15(10)21-18(19)26/h2,4-5,12-14H,3,6-9H2,1H3,(H,21,26)/p+1/t12-,13+,14-,19+/m0/s1. The van der Waals surface area contributed by atoms with Gasteiger partial charge in [0, 0.05) is 25.5 Å². The molecule has 0 saturated carbocycles. The molecule has 1 aromatic carbocycles. The molecule has 4 heterocycles. The molecule has 8 heteroatoms. The quantitative estimate of drug-likeness (QED) is 0.700. The average molecular weight is 391 g/mol. The van der Waals surface area contributed by atoms with E-state index in [-0.39, 0.29) is 30.3 Å². The lowest BCUT2D eigenvalue weighted by atomic mass is 9.75. The van der Waals surface area contributed by atoms with Gasteiger partial charge in [0.2, 0.25) is 17.4 Å². The van der Waals surface area contributed by atoms with Crippen molar-refractivity contribution in [3.05, 3.63) is 28.8 Å². The molecule has 4 aliphatic heterocycles. The number of methoxy groups -OCH3 is 1. The molecule has 0 radical (unpaired) electrons. The second-order valence-corrected chi connectivity index (χ2v) is 8.18. The summed E-state index contributed by atoms with van der Waals surface area (Å²) in [6.07, 6.45) is 1.78. The van der Waals surface area contributed by atoms with E-state index in [1.165, 1.54) is 4.90 Å². The van der Waals surface area contributed by atoms with Crippen LogP contribution in [0.2, 0.25) is 5.02 Å². The first-order valence-corrected chi connectivity index (χ1v) is 9.72. The van der Waals surface area contributed by atoms with Crippen LogP contribution in [0, 0.1) is 11.8 Å². The monoisotopic (exact) mass is 390 g/mol. The number of imide groups is 1. The zero-order chi connectivity index (χ0) is 18.9. The van der Waals surface area contributed by atoms with E-state index in [4.69, 9.17) is 16.3 Å². The Morgan fingerprint density at radius 1 is 1.33 bits per heavy atom. The van der Waals surface area contributed by atoms with E-state index in [2.05, 4.69) is 5.32 Å². The van der Waals surface area contributed by atoms with Crippen molar-refractivity contribution < 1.29 is 24.0 Å². The SMILES string of the molecule is COCCN1C(=O)[C@H]2[C@@H](C1=O)[C@]1(C(=O)Nc3c(Cl)cccc31)[NH+]1CCC[C@@H]21. The van der Waals surface area contributed by atoms with Crippen LogP contribution < -0.4 is 10.2 Å². The minimum atomic E-state index is -1.07. The highest BCUT2D eigenvalue weighted by atomic mass is 35.5. The molecule has 5 atom stereocenters. The fourth-order valence-electron chi connectivity index (χ4n) is 5.91. The Bertz CT molecular complexity index is 875. The lowest BCUT2D eigenvalue weighted by Crippen LogP contribution is -3.19. The molecule has 0 bridgehead atoms. The topological polar surface area (TPSA) is 80.1 Å². The third kappa shape index (κ3) is 1.92. The van der Waals surface area contributed by atoms with Gasteiger partial charge in [-0.15, -0.1) is 0 Å². The van der Waals surface area contributed by atoms with Gasteiger partial charge in [0.1, 0.15) is 17.9 Å². The van der Waals surface area contributed by atoms with Crippen LogP contribution in [-0.2, 0) is 24.7 Å². The van der Waals surface area contributed by atoms with Gasteiger partial charge < -0.3 is 15.0 Å². The molecular weight excluding hydrogens is 370 g/mol. The maximum atomic E-state index is 13.4. The first-order chi connectivity index (χ1) is 13.0. The summed E-state index contributed by atoms with van der Waals surface area (Å²) in [7, 11) is 1.54. The van der Waals surface area contributed by atoms with Gasteiger partial charge in [-0.05, 0) is 12.1 Å². The summed E-state index contributed by atoms with van der Waals surface area (Å²) in [5.41, 5.74) is 0.267. The first kappa shape index (κ1) is 17.2. The third-order valence-corrected chi connectivity index (χ3v) is 7.13. The second-order valence-electron chi connectivity index (χ2n) is 7.77. The van der Waals surface area contributed by atoms with Crippen LogP contribution in [0.3, 0.4) is 0 Å². The van der Waals surface area contributed by atoms with E-state index in [9.17, 15) is 14.4 Å². The van der Waals surface area contributed by atoms with E-state index < -0.39 is 17.4 Å². The number of ether oxygens (including phenoxy) is 1. The Kier molecular flexibility index (Phi) is 3.67. The Morgan fingerprint density at radius 3 is 2.93 bits per heavy atom. The number of hydrogen-bond acceptors (Lipinski definition) is 4. The van der Waals surface area contributed by atoms with E-state index in [0.29, 0.717) is 17.3 Å². The van der Waals surface area contributed by atoms with Crippen molar-refractivity contribution in [2.24, 2.45) is 11.8 Å². The van der Waals surface area contributed by atoms with Crippen LogP contribution in [0.5, 0.6) is 0 Å². The molecule has 0 aromatic heterocycles. The molecule has 1 unspecified atom stereocenters. The maximum Gasteiger partial charge on any atom is 0.291 e. The molecule has 3 fully saturated rings. The Labute approximate surface area is 161 Å². The lowest BCUT2D eigenvalue weighted by Gasteiger charge is -2.33. The molecule has 3 saturated heterocycles. The summed E-state index contributed by atoms with van der Waals surface area (Å²) in [4.78, 5) is 42.2. The van der Waals surface area contributed by atoms with Crippen molar-refractivity contribution in [1.29, 1.82) is 0 Å². The van der Waals surface area contributed by atoms with Crippen LogP contribution in [0.4, 0.5) is 5.69 Å². The number of benzene rings is 1. The van der Waals surface area contributed by atoms with Crippen molar-refractivity contribution in [2.45, 2.75) is 24.4 Å². The number of fused-ring (bicyclic) bond motifs is 7. The van der Waals surface area contributed by atoms with Gasteiger partial charge in [0.15, 0.2) is 0 Å². The molecule has 3 amide bonds. The van der Waals surface area contributed by atoms with E-state index in [1.807, 2.05) is 12.1 Å². The van der Waals surface area contributed by atoms with Gasteiger partial charge in [-0.25, -0.2) is 0 Å². The molecule has 0 aliphatic carbocycles. The summed E-state index contributed by atoms with van der Waals surface area (Å²) >= 11 is 6.34. The third-order valence-electron chi connectivity index (χ3n) is 6.81. The zero-order valence-electron chi connectivity index (χ0n) is 15.0. The highest BCUT2D eigenvalue weighted by Gasteiger charge is 2.78. The van der Waals surface area contributed by atoms with Crippen LogP contribution in [0.25, 0.3) is 0 Å². The summed E-state index contributed by atoms with van der Waals surface area (Å²) in [6, 6.07) is 5.40. The number of halogens is 1. The zero-order valence-corrected chi connectivity index (χ0v) is 15.7. The van der Waals surface area contributed by atoms with E-state index >= 15 is 0 Å². The number of rotatable bonds is 3. The normalized spacial score (nSPS) is 36.4. The molecule has 4 aliphatic rings. The minimum absolute atomic E-state index is 0.0188. The summed E-state index contributed by atoms with van der Waals surface area (Å²) in [5.74, 6) is -1.77. The minimum Gasteiger partial charge on any atom is -0.383 e. The molecular formula is C19H21ClN3O4+. The number of carbonyl (C=O) groups is 3. The first-order valence-electron chi connectivity index (χ1n) is 9.34. The number of nitrogens with zero attached hydrogens (tertiary/aromatic N) is 1. The fraction of sp³-hybridized carbons (Fsp3) is 0.526. The van der Waals surface area contributed by atoms with Crippen molar-refractivity contribution >= 4 is 35.0 Å². The van der Waals surface area contributed by atoms with Gasteiger partial charge in [-0.3, -0.25) is 19.3 Å². The number of likely N-dealkylation sites (tertiary alicyclic amines) is 1. The predicted octanol–water partition coefficient (Wildman–Crippen LogP) is -0.204. The fourth-order valence-corrected chi connectivity index (χ4v) is 6.14. The predicted molar refractivity (Wildman–Crippen MR) is 96.2 cm³/mol. The number of quaternary nitrogens is 1. The largest absolute Gasteiger partial charge is 0.383 e. The highest BCUT2D eigenvalue weighted by Crippen LogP contribution is 2.52. The number of amides is 3. The average Bonchev–Trinajstić information content (AvgIpc) is 3.34. The summed E-state index contributed by atoms with van der Waals surface area (Å²) in [5, 5.41) is 3.38. The molecule has 2 N–H and O–H groups in total. The molecule has 1 spiro atoms. The molecule has 5 rings (SSSR count). The van der Waals surface area contributed by atoms with Crippen LogP contribution in [0.1, 0.15) is 18.4 Å².